The van der Waals surface area contributed by atoms with Gasteiger partial charge in [0.1, 0.15) is 17.3 Å². The van der Waals surface area contributed by atoms with Gasteiger partial charge in [0.15, 0.2) is 0 Å². The normalized spacial score (nSPS) is 11.9. The molecule has 4 aromatic carbocycles. The summed E-state index contributed by atoms with van der Waals surface area (Å²) in [6, 6.07) is 34.8. The largest absolute Gasteiger partial charge is 0.457 e. The van der Waals surface area contributed by atoms with E-state index in [-0.39, 0.29) is 5.41 Å². The van der Waals surface area contributed by atoms with E-state index in [2.05, 4.69) is 149 Å². The van der Waals surface area contributed by atoms with Crippen LogP contribution in [0.2, 0.25) is 0 Å². The van der Waals surface area contributed by atoms with Crippen molar-refractivity contribution in [3.05, 3.63) is 131 Å². The smallest absolute Gasteiger partial charge is 0.137 e. The molecule has 7 aromatic rings. The predicted octanol–water partition coefficient (Wildman–Crippen LogP) is 12.5. The summed E-state index contributed by atoms with van der Waals surface area (Å²) in [5.41, 5.74) is 11.7. The molecule has 51 heavy (non-hydrogen) atoms. The van der Waals surface area contributed by atoms with Gasteiger partial charge < -0.3 is 4.74 Å². The number of benzene rings is 4. The van der Waals surface area contributed by atoms with Crippen molar-refractivity contribution in [3.8, 4) is 34.1 Å². The lowest BCUT2D eigenvalue weighted by molar-refractivity contribution is 0.378. The van der Waals surface area contributed by atoms with Crippen molar-refractivity contribution in [3.63, 3.8) is 0 Å². The van der Waals surface area contributed by atoms with Gasteiger partial charge >= 0.3 is 0 Å². The van der Waals surface area contributed by atoms with Gasteiger partial charge in [-0.05, 0) is 123 Å². The quantitative estimate of drug-likeness (QED) is 0.128. The lowest BCUT2D eigenvalue weighted by atomic mass is 9.88. The molecule has 0 radical (unpaired) electrons. The van der Waals surface area contributed by atoms with Crippen molar-refractivity contribution in [2.24, 2.45) is 5.41 Å². The number of rotatable bonds is 11. The minimum absolute atomic E-state index is 0.216. The molecule has 260 valence electrons. The molecule has 0 saturated carbocycles. The van der Waals surface area contributed by atoms with Crippen molar-refractivity contribution in [2.45, 2.75) is 87.0 Å². The molecule has 0 amide bonds. The van der Waals surface area contributed by atoms with Gasteiger partial charge in [-0.1, -0.05) is 76.9 Å². The lowest BCUT2D eigenvalue weighted by Crippen LogP contribution is -2.07. The second-order valence-electron chi connectivity index (χ2n) is 15.3. The van der Waals surface area contributed by atoms with Gasteiger partial charge in [0.05, 0.1) is 22.4 Å². The van der Waals surface area contributed by atoms with E-state index in [1.165, 1.54) is 57.9 Å². The van der Waals surface area contributed by atoms with Gasteiger partial charge in [-0.2, -0.15) is 5.10 Å². The Bertz CT molecular complexity index is 2320. The molecule has 0 aliphatic rings. The minimum Gasteiger partial charge on any atom is -0.457 e. The van der Waals surface area contributed by atoms with Crippen LogP contribution >= 0.6 is 0 Å². The van der Waals surface area contributed by atoms with E-state index in [1.807, 2.05) is 12.3 Å². The summed E-state index contributed by atoms with van der Waals surface area (Å²) in [5.74, 6) is 2.51. The number of aryl methyl sites for hydroxylation is 4. The number of aromatic nitrogens is 4. The van der Waals surface area contributed by atoms with Crippen LogP contribution in [0, 0.1) is 26.2 Å². The maximum Gasteiger partial charge on any atom is 0.137 e. The highest BCUT2D eigenvalue weighted by Crippen LogP contribution is 2.37. The number of ether oxygens (including phenoxy) is 1. The highest BCUT2D eigenvalue weighted by atomic mass is 16.5. The fourth-order valence-corrected chi connectivity index (χ4v) is 7.28. The number of fused-ring (bicyclic) bond motifs is 3. The average molecular weight is 675 g/mol. The molecule has 5 nitrogen and oxygen atoms in total. The second-order valence-corrected chi connectivity index (χ2v) is 15.3. The molecule has 3 heterocycles. The molecular weight excluding hydrogens is 625 g/mol. The van der Waals surface area contributed by atoms with Crippen LogP contribution in [-0.2, 0) is 12.8 Å². The van der Waals surface area contributed by atoms with Gasteiger partial charge in [0.25, 0.3) is 0 Å². The summed E-state index contributed by atoms with van der Waals surface area (Å²) >= 11 is 0. The molecular formula is C46H50N4O. The van der Waals surface area contributed by atoms with Crippen LogP contribution in [0.3, 0.4) is 0 Å². The molecule has 0 fully saturated rings. The minimum atomic E-state index is 0.216. The molecule has 5 heteroatoms. The molecule has 0 bridgehead atoms. The van der Waals surface area contributed by atoms with E-state index in [4.69, 9.17) is 14.8 Å². The van der Waals surface area contributed by atoms with Gasteiger partial charge in [-0.25, -0.2) is 9.67 Å². The van der Waals surface area contributed by atoms with E-state index < -0.39 is 0 Å². The Balaban J connectivity index is 1.32. The standard InChI is InChI=1S/C46H50N4O/c1-8-9-11-14-34-17-20-42-41(28-34)40-19-18-38(30-43(40)49(42)44-25-31(2)22-24-47-44)51-39-27-35(21-23-46(5,6)7)26-37(29-39)50-33(4)45(32(3)48-50)36-15-12-10-13-16-36/h10,12-13,15-20,22,24-30H,8-9,11,14,21,23H2,1-7H3. The zero-order valence-electron chi connectivity index (χ0n) is 31.3. The Morgan fingerprint density at radius 3 is 2.29 bits per heavy atom. The van der Waals surface area contributed by atoms with Crippen molar-refractivity contribution >= 4 is 21.8 Å². The SMILES string of the molecule is CCCCCc1ccc2c(c1)c1ccc(Oc3cc(CCC(C)(C)C)cc(-n4nc(C)c(-c5ccccc5)c4C)c3)cc1n2-c1cc(C)ccn1. The maximum atomic E-state index is 6.81. The summed E-state index contributed by atoms with van der Waals surface area (Å²) in [7, 11) is 0. The first kappa shape index (κ1) is 34.3. The van der Waals surface area contributed by atoms with Gasteiger partial charge in [0.2, 0.25) is 0 Å². The number of hydrogen-bond donors (Lipinski definition) is 0. The molecule has 0 saturated heterocycles. The summed E-state index contributed by atoms with van der Waals surface area (Å²) in [4.78, 5) is 4.83. The van der Waals surface area contributed by atoms with E-state index in [0.717, 1.165) is 64.7 Å². The first-order valence-corrected chi connectivity index (χ1v) is 18.5. The summed E-state index contributed by atoms with van der Waals surface area (Å²) in [6.45, 7) is 15.5. The first-order valence-electron chi connectivity index (χ1n) is 18.5. The van der Waals surface area contributed by atoms with Gasteiger partial charge in [-0.15, -0.1) is 0 Å². The lowest BCUT2D eigenvalue weighted by Gasteiger charge is -2.19. The summed E-state index contributed by atoms with van der Waals surface area (Å²) in [6.07, 6.45) is 8.69. The third-order valence-corrected chi connectivity index (χ3v) is 9.95. The van der Waals surface area contributed by atoms with E-state index in [1.54, 1.807) is 0 Å². The van der Waals surface area contributed by atoms with Crippen LogP contribution in [0.5, 0.6) is 11.5 Å². The zero-order chi connectivity index (χ0) is 35.7. The maximum absolute atomic E-state index is 6.81. The molecule has 0 unspecified atom stereocenters. The number of nitrogens with zero attached hydrogens (tertiary/aromatic N) is 4. The molecule has 0 spiro atoms. The van der Waals surface area contributed by atoms with E-state index in [9.17, 15) is 0 Å². The third kappa shape index (κ3) is 7.35. The average Bonchev–Trinajstić information content (AvgIpc) is 3.59. The monoisotopic (exact) mass is 674 g/mol. The summed E-state index contributed by atoms with van der Waals surface area (Å²) < 4.78 is 11.2. The Morgan fingerprint density at radius 2 is 1.53 bits per heavy atom. The van der Waals surface area contributed by atoms with Crippen LogP contribution < -0.4 is 4.74 Å². The Labute approximate surface area is 302 Å². The second kappa shape index (κ2) is 14.2. The van der Waals surface area contributed by atoms with E-state index >= 15 is 0 Å². The van der Waals surface area contributed by atoms with Crippen molar-refractivity contribution in [2.75, 3.05) is 0 Å². The van der Waals surface area contributed by atoms with Gasteiger partial charge in [0, 0.05) is 40.4 Å². The molecule has 0 atom stereocenters. The van der Waals surface area contributed by atoms with E-state index in [0.29, 0.717) is 0 Å². The third-order valence-electron chi connectivity index (χ3n) is 9.95. The number of pyridine rings is 1. The molecule has 3 aromatic heterocycles. The number of hydrogen-bond acceptors (Lipinski definition) is 3. The van der Waals surface area contributed by atoms with Crippen LogP contribution in [0.15, 0.2) is 103 Å². The first-order chi connectivity index (χ1) is 24.6. The van der Waals surface area contributed by atoms with Crippen molar-refractivity contribution < 1.29 is 4.74 Å². The summed E-state index contributed by atoms with van der Waals surface area (Å²) in [5, 5.41) is 7.51. The molecule has 7 rings (SSSR count). The van der Waals surface area contributed by atoms with Crippen LogP contribution in [0.4, 0.5) is 0 Å². The Morgan fingerprint density at radius 1 is 0.706 bits per heavy atom. The fourth-order valence-electron chi connectivity index (χ4n) is 7.28. The molecule has 0 N–H and O–H groups in total. The van der Waals surface area contributed by atoms with Crippen LogP contribution in [-0.4, -0.2) is 19.3 Å². The van der Waals surface area contributed by atoms with Crippen molar-refractivity contribution in [1.29, 1.82) is 0 Å². The van der Waals surface area contributed by atoms with Gasteiger partial charge in [-0.3, -0.25) is 4.57 Å². The van der Waals surface area contributed by atoms with Crippen LogP contribution in [0.25, 0.3) is 44.4 Å². The van der Waals surface area contributed by atoms with Crippen molar-refractivity contribution in [1.82, 2.24) is 19.3 Å². The molecule has 0 aliphatic heterocycles. The molecule has 0 aliphatic carbocycles. The predicted molar refractivity (Wildman–Crippen MR) is 213 cm³/mol. The highest BCUT2D eigenvalue weighted by molar-refractivity contribution is 6.09. The number of unbranched alkanes of at least 4 members (excludes halogenated alkanes) is 2. The fraction of sp³-hybridized carbons (Fsp3) is 0.304. The van der Waals surface area contributed by atoms with Crippen LogP contribution in [0.1, 0.15) is 81.5 Å². The topological polar surface area (TPSA) is 44.9 Å². The Kier molecular flexibility index (Phi) is 9.56. The highest BCUT2D eigenvalue weighted by Gasteiger charge is 2.19. The zero-order valence-corrected chi connectivity index (χ0v) is 31.3. The Hall–Kier alpha value is -5.16.